The van der Waals surface area contributed by atoms with E-state index in [0.717, 1.165) is 16.8 Å². The molecule has 4 rings (SSSR count). The van der Waals surface area contributed by atoms with E-state index in [4.69, 9.17) is 0 Å². The third-order valence-corrected chi connectivity index (χ3v) is 5.86. The predicted molar refractivity (Wildman–Crippen MR) is 117 cm³/mol. The number of carbonyl (C=O) groups excluding carboxylic acids is 2. The molecule has 1 aliphatic heterocycles. The fourth-order valence-electron chi connectivity index (χ4n) is 3.31. The molecule has 0 saturated carbocycles. The van der Waals surface area contributed by atoms with Crippen LogP contribution in [0.15, 0.2) is 48.5 Å². The molecule has 0 fully saturated rings. The Balaban J connectivity index is 1.51. The van der Waals surface area contributed by atoms with Crippen molar-refractivity contribution < 1.29 is 18.9 Å². The molecular weight excluding hydrogens is 437 g/mol. The molecule has 0 spiro atoms. The number of fused-ring (bicyclic) bond motifs is 1. The number of amides is 2. The van der Waals surface area contributed by atoms with E-state index >= 15 is 0 Å². The van der Waals surface area contributed by atoms with Crippen molar-refractivity contribution >= 4 is 35.1 Å². The summed E-state index contributed by atoms with van der Waals surface area (Å²) in [5, 5.41) is 21.2. The van der Waals surface area contributed by atoms with Gasteiger partial charge in [-0.15, -0.1) is 0 Å². The Morgan fingerprint density at radius 2 is 1.91 bits per heavy atom. The summed E-state index contributed by atoms with van der Waals surface area (Å²) >= 11 is 1.62. The molecular formula is C21H18FN5O4S. The Labute approximate surface area is 186 Å². The summed E-state index contributed by atoms with van der Waals surface area (Å²) in [5.41, 5.74) is 1.92. The van der Waals surface area contributed by atoms with E-state index in [2.05, 4.69) is 15.7 Å². The largest absolute Gasteiger partial charge is 0.350 e. The minimum atomic E-state index is -0.648. The Morgan fingerprint density at radius 1 is 1.16 bits per heavy atom. The second-order valence-electron chi connectivity index (χ2n) is 7.06. The minimum absolute atomic E-state index is 0.0783. The molecule has 2 amide bonds. The number of nitrogens with zero attached hydrogens (tertiary/aromatic N) is 3. The van der Waals surface area contributed by atoms with E-state index in [1.165, 1.54) is 35.0 Å². The van der Waals surface area contributed by atoms with Crippen molar-refractivity contribution in [3.05, 3.63) is 86.8 Å². The van der Waals surface area contributed by atoms with E-state index in [9.17, 15) is 24.1 Å². The zero-order valence-corrected chi connectivity index (χ0v) is 17.5. The molecule has 164 valence electrons. The summed E-state index contributed by atoms with van der Waals surface area (Å²) in [6.45, 7) is 0.0687. The maximum atomic E-state index is 13.0. The van der Waals surface area contributed by atoms with Gasteiger partial charge in [-0.3, -0.25) is 19.7 Å². The lowest BCUT2D eigenvalue weighted by molar-refractivity contribution is -0.385. The van der Waals surface area contributed by atoms with Crippen LogP contribution in [0, 0.1) is 15.9 Å². The van der Waals surface area contributed by atoms with Crippen molar-refractivity contribution in [2.45, 2.75) is 24.6 Å². The normalized spacial score (nSPS) is 12.3. The summed E-state index contributed by atoms with van der Waals surface area (Å²) in [7, 11) is 0. The van der Waals surface area contributed by atoms with Crippen LogP contribution in [-0.4, -0.2) is 26.5 Å². The molecule has 0 saturated heterocycles. The highest BCUT2D eigenvalue weighted by Gasteiger charge is 2.27. The summed E-state index contributed by atoms with van der Waals surface area (Å²) in [6, 6.07) is 11.4. The van der Waals surface area contributed by atoms with E-state index in [-0.39, 0.29) is 36.1 Å². The number of carbonyl (C=O) groups is 2. The van der Waals surface area contributed by atoms with Crippen molar-refractivity contribution in [2.24, 2.45) is 0 Å². The summed E-state index contributed by atoms with van der Waals surface area (Å²) in [6.07, 6.45) is 0. The second kappa shape index (κ2) is 9.18. The Bertz CT molecular complexity index is 1200. The van der Waals surface area contributed by atoms with Gasteiger partial charge in [0, 0.05) is 29.7 Å². The van der Waals surface area contributed by atoms with Crippen LogP contribution < -0.4 is 10.6 Å². The topological polar surface area (TPSA) is 119 Å². The number of nitro groups is 1. The highest BCUT2D eigenvalue weighted by atomic mass is 32.2. The molecule has 1 aliphatic rings. The fourth-order valence-corrected chi connectivity index (χ4v) is 4.35. The van der Waals surface area contributed by atoms with Gasteiger partial charge in [-0.2, -0.15) is 16.9 Å². The monoisotopic (exact) mass is 455 g/mol. The molecule has 2 N–H and O–H groups in total. The van der Waals surface area contributed by atoms with Crippen molar-refractivity contribution in [3.8, 4) is 0 Å². The van der Waals surface area contributed by atoms with Crippen molar-refractivity contribution in [1.82, 2.24) is 15.1 Å². The molecule has 9 nitrogen and oxygen atoms in total. The zero-order chi connectivity index (χ0) is 22.7. The minimum Gasteiger partial charge on any atom is -0.350 e. The molecule has 0 unspecified atom stereocenters. The smallest absolute Gasteiger partial charge is 0.282 e. The number of nitro benzene ring substituents is 1. The summed E-state index contributed by atoms with van der Waals surface area (Å²) in [5.74, 6) is 0.259. The van der Waals surface area contributed by atoms with Gasteiger partial charge in [0.15, 0.2) is 0 Å². The van der Waals surface area contributed by atoms with Crippen LogP contribution in [0.4, 0.5) is 15.9 Å². The van der Waals surface area contributed by atoms with Gasteiger partial charge in [0.25, 0.3) is 11.6 Å². The van der Waals surface area contributed by atoms with Gasteiger partial charge in [0.2, 0.25) is 5.91 Å². The summed E-state index contributed by atoms with van der Waals surface area (Å²) < 4.78 is 14.4. The number of hydrogen-bond donors (Lipinski definition) is 2. The van der Waals surface area contributed by atoms with Gasteiger partial charge in [-0.1, -0.05) is 24.3 Å². The molecule has 0 radical (unpaired) electrons. The van der Waals surface area contributed by atoms with Crippen LogP contribution in [-0.2, 0) is 29.4 Å². The maximum Gasteiger partial charge on any atom is 0.282 e. The van der Waals surface area contributed by atoms with Crippen LogP contribution in [0.1, 0.15) is 27.2 Å². The van der Waals surface area contributed by atoms with Crippen molar-refractivity contribution in [3.63, 3.8) is 0 Å². The Morgan fingerprint density at radius 3 is 2.66 bits per heavy atom. The lowest BCUT2D eigenvalue weighted by atomic mass is 10.1. The van der Waals surface area contributed by atoms with E-state index in [0.29, 0.717) is 17.3 Å². The standard InChI is InChI=1S/C21H18FN5O4S/c22-14-7-5-13(6-8-14)9-23-19(28)10-26-20(16-11-32-12-17(16)25-26)24-21(29)15-3-1-2-4-18(15)27(30)31/h1-8H,9-12H2,(H,23,28)(H,24,29). The first-order chi connectivity index (χ1) is 15.4. The first-order valence-electron chi connectivity index (χ1n) is 9.64. The Kier molecular flexibility index (Phi) is 6.17. The number of thioether (sulfide) groups is 1. The Hall–Kier alpha value is -3.73. The predicted octanol–water partition coefficient (Wildman–Crippen LogP) is 3.25. The average Bonchev–Trinajstić information content (AvgIpc) is 3.36. The quantitative estimate of drug-likeness (QED) is 0.417. The third-order valence-electron chi connectivity index (χ3n) is 4.89. The van der Waals surface area contributed by atoms with Crippen molar-refractivity contribution in [2.75, 3.05) is 5.32 Å². The number of nitrogens with one attached hydrogen (secondary N) is 2. The van der Waals surface area contributed by atoms with Crippen LogP contribution >= 0.6 is 11.8 Å². The summed E-state index contributed by atoms with van der Waals surface area (Å²) in [4.78, 5) is 35.9. The number of aromatic nitrogens is 2. The molecule has 3 aromatic rings. The van der Waals surface area contributed by atoms with Crippen LogP contribution in [0.3, 0.4) is 0 Å². The van der Waals surface area contributed by atoms with E-state index < -0.39 is 10.8 Å². The third kappa shape index (κ3) is 4.62. The average molecular weight is 455 g/mol. The maximum absolute atomic E-state index is 13.0. The molecule has 1 aromatic heterocycles. The number of benzene rings is 2. The SMILES string of the molecule is O=C(Cn1nc2c(c1NC(=O)c1ccccc1[N+](=O)[O-])CSC2)NCc1ccc(F)cc1. The zero-order valence-electron chi connectivity index (χ0n) is 16.7. The lowest BCUT2D eigenvalue weighted by Gasteiger charge is -2.12. The molecule has 32 heavy (non-hydrogen) atoms. The van der Waals surface area contributed by atoms with E-state index in [1.54, 1.807) is 30.0 Å². The number of hydrogen-bond acceptors (Lipinski definition) is 6. The van der Waals surface area contributed by atoms with E-state index in [1.807, 2.05) is 0 Å². The van der Waals surface area contributed by atoms with Crippen LogP contribution in [0.2, 0.25) is 0 Å². The second-order valence-corrected chi connectivity index (χ2v) is 8.04. The first-order valence-corrected chi connectivity index (χ1v) is 10.8. The number of halogens is 1. The fraction of sp³-hybridized carbons (Fsp3) is 0.190. The van der Waals surface area contributed by atoms with Gasteiger partial charge in [0.05, 0.1) is 10.6 Å². The van der Waals surface area contributed by atoms with Gasteiger partial charge < -0.3 is 10.6 Å². The molecule has 2 aromatic carbocycles. The molecule has 0 bridgehead atoms. The number of para-hydroxylation sites is 1. The number of rotatable bonds is 7. The molecule has 0 atom stereocenters. The van der Waals surface area contributed by atoms with Gasteiger partial charge >= 0.3 is 0 Å². The van der Waals surface area contributed by atoms with Crippen LogP contribution in [0.25, 0.3) is 0 Å². The van der Waals surface area contributed by atoms with Gasteiger partial charge in [0.1, 0.15) is 23.7 Å². The van der Waals surface area contributed by atoms with Gasteiger partial charge in [-0.25, -0.2) is 9.07 Å². The highest BCUT2D eigenvalue weighted by Crippen LogP contribution is 2.35. The van der Waals surface area contributed by atoms with Gasteiger partial charge in [-0.05, 0) is 23.8 Å². The molecule has 0 aliphatic carbocycles. The molecule has 11 heteroatoms. The first kappa shape index (κ1) is 21.5. The number of anilines is 1. The molecule has 2 heterocycles. The van der Waals surface area contributed by atoms with Crippen LogP contribution in [0.5, 0.6) is 0 Å². The van der Waals surface area contributed by atoms with Crippen molar-refractivity contribution in [1.29, 1.82) is 0 Å². The lowest BCUT2D eigenvalue weighted by Crippen LogP contribution is -2.29. The highest BCUT2D eigenvalue weighted by molar-refractivity contribution is 7.98.